The van der Waals surface area contributed by atoms with Crippen LogP contribution in [-0.4, -0.2) is 43.3 Å². The van der Waals surface area contributed by atoms with E-state index in [1.165, 1.54) is 25.7 Å². The van der Waals surface area contributed by atoms with Crippen molar-refractivity contribution in [1.29, 1.82) is 0 Å². The molecular weight excluding hydrogens is 265 g/mol. The zero-order valence-electron chi connectivity index (χ0n) is 12.4. The van der Waals surface area contributed by atoms with Gasteiger partial charge in [0.25, 0.3) is 0 Å². The van der Waals surface area contributed by atoms with Gasteiger partial charge in [-0.1, -0.05) is 19.8 Å². The number of nitrogens with one attached hydrogen (secondary N) is 1. The van der Waals surface area contributed by atoms with Crippen LogP contribution in [0.4, 0.5) is 13.2 Å². The monoisotopic (exact) mass is 292 g/mol. The molecule has 0 radical (unpaired) electrons. The molecule has 1 N–H and O–H groups in total. The highest BCUT2D eigenvalue weighted by molar-refractivity contribution is 4.85. The molecule has 0 spiro atoms. The first kappa shape index (κ1) is 16.1. The van der Waals surface area contributed by atoms with Crippen molar-refractivity contribution in [3.8, 4) is 0 Å². The average molecular weight is 292 g/mol. The van der Waals surface area contributed by atoms with Crippen LogP contribution in [0.1, 0.15) is 45.4 Å². The Balaban J connectivity index is 1.88. The van der Waals surface area contributed by atoms with Crippen LogP contribution in [0.3, 0.4) is 0 Å². The fourth-order valence-corrected chi connectivity index (χ4v) is 3.70. The highest BCUT2D eigenvalue weighted by atomic mass is 19.4. The standard InChI is InChI=1S/C15H27F3N2/c1-2-3-12-4-6-14(7-5-12)20-9-8-19-10-13(11-20)15(16,17)18/h12-14,19H,2-11H2,1H3. The number of halogens is 3. The Morgan fingerprint density at radius 1 is 1.15 bits per heavy atom. The topological polar surface area (TPSA) is 15.3 Å². The van der Waals surface area contributed by atoms with E-state index in [9.17, 15) is 13.2 Å². The van der Waals surface area contributed by atoms with Gasteiger partial charge >= 0.3 is 6.18 Å². The van der Waals surface area contributed by atoms with Gasteiger partial charge in [0.2, 0.25) is 0 Å². The van der Waals surface area contributed by atoms with Gasteiger partial charge in [0.05, 0.1) is 5.92 Å². The highest BCUT2D eigenvalue weighted by Gasteiger charge is 2.42. The van der Waals surface area contributed by atoms with E-state index in [0.717, 1.165) is 25.3 Å². The summed E-state index contributed by atoms with van der Waals surface area (Å²) in [7, 11) is 0. The Hall–Kier alpha value is -0.290. The first-order valence-corrected chi connectivity index (χ1v) is 8.02. The summed E-state index contributed by atoms with van der Waals surface area (Å²) < 4.78 is 38.9. The van der Waals surface area contributed by atoms with Crippen molar-refractivity contribution in [3.05, 3.63) is 0 Å². The van der Waals surface area contributed by atoms with Gasteiger partial charge in [-0.15, -0.1) is 0 Å². The van der Waals surface area contributed by atoms with E-state index in [-0.39, 0.29) is 13.1 Å². The lowest BCUT2D eigenvalue weighted by Crippen LogP contribution is -2.44. The number of hydrogen-bond donors (Lipinski definition) is 1. The first-order valence-electron chi connectivity index (χ1n) is 8.02. The molecule has 1 saturated carbocycles. The maximum Gasteiger partial charge on any atom is 0.394 e. The summed E-state index contributed by atoms with van der Waals surface area (Å²) in [6, 6.07) is 0.368. The van der Waals surface area contributed by atoms with Crippen LogP contribution < -0.4 is 5.32 Å². The van der Waals surface area contributed by atoms with E-state index in [2.05, 4.69) is 17.1 Å². The molecule has 5 heteroatoms. The summed E-state index contributed by atoms with van der Waals surface area (Å²) in [5, 5.41) is 2.94. The van der Waals surface area contributed by atoms with Crippen molar-refractivity contribution in [2.45, 2.75) is 57.7 Å². The lowest BCUT2D eigenvalue weighted by atomic mass is 9.83. The normalized spacial score (nSPS) is 33.9. The molecule has 1 saturated heterocycles. The fourth-order valence-electron chi connectivity index (χ4n) is 3.70. The largest absolute Gasteiger partial charge is 0.394 e. The van der Waals surface area contributed by atoms with Crippen molar-refractivity contribution < 1.29 is 13.2 Å². The second-order valence-corrected chi connectivity index (χ2v) is 6.40. The van der Waals surface area contributed by atoms with Crippen molar-refractivity contribution in [2.24, 2.45) is 11.8 Å². The smallest absolute Gasteiger partial charge is 0.315 e. The van der Waals surface area contributed by atoms with Crippen LogP contribution in [0, 0.1) is 11.8 Å². The van der Waals surface area contributed by atoms with Crippen LogP contribution in [0.15, 0.2) is 0 Å². The number of alkyl halides is 3. The third kappa shape index (κ3) is 4.35. The summed E-state index contributed by atoms with van der Waals surface area (Å²) in [6.07, 6.45) is 2.97. The lowest BCUT2D eigenvalue weighted by molar-refractivity contribution is -0.177. The van der Waals surface area contributed by atoms with E-state index >= 15 is 0 Å². The fraction of sp³-hybridized carbons (Fsp3) is 1.00. The lowest BCUT2D eigenvalue weighted by Gasteiger charge is -2.37. The molecule has 20 heavy (non-hydrogen) atoms. The molecule has 1 aliphatic carbocycles. The van der Waals surface area contributed by atoms with Crippen molar-refractivity contribution in [1.82, 2.24) is 10.2 Å². The predicted molar refractivity (Wildman–Crippen MR) is 74.6 cm³/mol. The van der Waals surface area contributed by atoms with E-state index in [0.29, 0.717) is 12.6 Å². The molecule has 1 atom stereocenters. The molecular formula is C15H27F3N2. The molecule has 0 aromatic heterocycles. The predicted octanol–water partition coefficient (Wildman–Crippen LogP) is 3.43. The molecule has 0 bridgehead atoms. The van der Waals surface area contributed by atoms with E-state index in [1.807, 2.05) is 0 Å². The van der Waals surface area contributed by atoms with E-state index in [4.69, 9.17) is 0 Å². The number of rotatable bonds is 3. The minimum absolute atomic E-state index is 0.0746. The van der Waals surface area contributed by atoms with Crippen molar-refractivity contribution >= 4 is 0 Å². The van der Waals surface area contributed by atoms with Crippen LogP contribution in [0.2, 0.25) is 0 Å². The maximum atomic E-state index is 13.0. The highest BCUT2D eigenvalue weighted by Crippen LogP contribution is 2.33. The van der Waals surface area contributed by atoms with Gasteiger partial charge in [0, 0.05) is 32.2 Å². The third-order valence-electron chi connectivity index (χ3n) is 4.91. The Morgan fingerprint density at radius 2 is 1.85 bits per heavy atom. The average Bonchev–Trinajstić information content (AvgIpc) is 2.65. The van der Waals surface area contributed by atoms with Gasteiger partial charge in [0.1, 0.15) is 0 Å². The maximum absolute atomic E-state index is 13.0. The number of nitrogens with zero attached hydrogens (tertiary/aromatic N) is 1. The molecule has 2 fully saturated rings. The third-order valence-corrected chi connectivity index (χ3v) is 4.91. The van der Waals surface area contributed by atoms with Crippen LogP contribution in [0.25, 0.3) is 0 Å². The molecule has 1 unspecified atom stereocenters. The van der Waals surface area contributed by atoms with Gasteiger partial charge in [-0.2, -0.15) is 13.2 Å². The van der Waals surface area contributed by atoms with Crippen LogP contribution in [-0.2, 0) is 0 Å². The zero-order chi connectivity index (χ0) is 14.6. The van der Waals surface area contributed by atoms with E-state index < -0.39 is 12.1 Å². The van der Waals surface area contributed by atoms with Gasteiger partial charge < -0.3 is 5.32 Å². The van der Waals surface area contributed by atoms with E-state index in [1.54, 1.807) is 0 Å². The van der Waals surface area contributed by atoms with Crippen LogP contribution in [0.5, 0.6) is 0 Å². The molecule has 0 aromatic carbocycles. The Bertz CT molecular complexity index is 285. The Morgan fingerprint density at radius 3 is 2.45 bits per heavy atom. The summed E-state index contributed by atoms with van der Waals surface area (Å²) in [5.74, 6) is -0.405. The van der Waals surface area contributed by atoms with Gasteiger partial charge in [-0.3, -0.25) is 4.90 Å². The molecule has 0 amide bonds. The molecule has 2 rings (SSSR count). The molecule has 2 nitrogen and oxygen atoms in total. The molecule has 0 aromatic rings. The Kier molecular flexibility index (Phi) is 5.73. The summed E-state index contributed by atoms with van der Waals surface area (Å²) in [4.78, 5) is 2.10. The molecule has 2 aliphatic rings. The second kappa shape index (κ2) is 7.12. The second-order valence-electron chi connectivity index (χ2n) is 6.40. The number of hydrogen-bond acceptors (Lipinski definition) is 2. The van der Waals surface area contributed by atoms with Crippen molar-refractivity contribution in [3.63, 3.8) is 0 Å². The van der Waals surface area contributed by atoms with Gasteiger partial charge in [-0.05, 0) is 31.6 Å². The molecule has 1 heterocycles. The SMILES string of the molecule is CCCC1CCC(N2CCNCC(C(F)(F)F)C2)CC1. The quantitative estimate of drug-likeness (QED) is 0.857. The van der Waals surface area contributed by atoms with Crippen LogP contribution >= 0.6 is 0 Å². The zero-order valence-corrected chi connectivity index (χ0v) is 12.4. The van der Waals surface area contributed by atoms with Gasteiger partial charge in [0.15, 0.2) is 0 Å². The van der Waals surface area contributed by atoms with Gasteiger partial charge in [-0.25, -0.2) is 0 Å². The Labute approximate surface area is 120 Å². The first-order chi connectivity index (χ1) is 9.50. The molecule has 118 valence electrons. The summed E-state index contributed by atoms with van der Waals surface area (Å²) in [6.45, 7) is 3.91. The van der Waals surface area contributed by atoms with Crippen molar-refractivity contribution in [2.75, 3.05) is 26.2 Å². The summed E-state index contributed by atoms with van der Waals surface area (Å²) in [5.41, 5.74) is 0. The minimum atomic E-state index is -4.07. The summed E-state index contributed by atoms with van der Waals surface area (Å²) >= 11 is 0. The molecule has 1 aliphatic heterocycles. The minimum Gasteiger partial charge on any atom is -0.315 e.